The lowest BCUT2D eigenvalue weighted by molar-refractivity contribution is -0.132. The summed E-state index contributed by atoms with van der Waals surface area (Å²) in [5.74, 6) is 2.06. The fraction of sp³-hybridized carbons (Fsp3) is 0.375. The molecule has 1 aromatic heterocycles. The first-order chi connectivity index (χ1) is 14.6. The van der Waals surface area contributed by atoms with Gasteiger partial charge < -0.3 is 19.4 Å². The van der Waals surface area contributed by atoms with Crippen molar-refractivity contribution < 1.29 is 14.3 Å². The van der Waals surface area contributed by atoms with Gasteiger partial charge in [0.05, 0.1) is 14.2 Å². The van der Waals surface area contributed by atoms with Crippen LogP contribution in [0.5, 0.6) is 11.5 Å². The number of aromatic amines is 1. The average Bonchev–Trinajstić information content (AvgIpc) is 3.20. The lowest BCUT2D eigenvalue weighted by Gasteiger charge is -2.31. The summed E-state index contributed by atoms with van der Waals surface area (Å²) in [5.41, 5.74) is 3.43. The number of benzene rings is 2. The van der Waals surface area contributed by atoms with Gasteiger partial charge in [-0.15, -0.1) is 0 Å². The van der Waals surface area contributed by atoms with Crippen LogP contribution >= 0.6 is 11.6 Å². The molecule has 1 aliphatic rings. The molecule has 2 aromatic carbocycles. The summed E-state index contributed by atoms with van der Waals surface area (Å²) in [6.07, 6.45) is 3.15. The molecule has 0 aliphatic carbocycles. The van der Waals surface area contributed by atoms with Gasteiger partial charge in [0.1, 0.15) is 0 Å². The minimum Gasteiger partial charge on any atom is -0.493 e. The van der Waals surface area contributed by atoms with Gasteiger partial charge in [0.15, 0.2) is 11.5 Å². The predicted molar refractivity (Wildman–Crippen MR) is 120 cm³/mol. The van der Waals surface area contributed by atoms with Gasteiger partial charge in [-0.25, -0.2) is 0 Å². The fourth-order valence-electron chi connectivity index (χ4n) is 4.23. The quantitative estimate of drug-likeness (QED) is 0.591. The summed E-state index contributed by atoms with van der Waals surface area (Å²) in [7, 11) is 3.24. The van der Waals surface area contributed by atoms with E-state index in [1.165, 1.54) is 5.69 Å². The number of aryl methyl sites for hydroxylation is 1. The van der Waals surface area contributed by atoms with Crippen molar-refractivity contribution in [2.45, 2.75) is 31.6 Å². The Morgan fingerprint density at radius 3 is 2.57 bits per heavy atom. The molecule has 4 rings (SSSR count). The molecule has 6 heteroatoms. The number of likely N-dealkylation sites (tertiary alicyclic amines) is 1. The van der Waals surface area contributed by atoms with E-state index < -0.39 is 0 Å². The van der Waals surface area contributed by atoms with Crippen molar-refractivity contribution in [2.24, 2.45) is 0 Å². The molecule has 5 nitrogen and oxygen atoms in total. The number of ether oxygens (including phenoxy) is 2. The third-order valence-corrected chi connectivity index (χ3v) is 6.20. The summed E-state index contributed by atoms with van der Waals surface area (Å²) in [5, 5.41) is 1.90. The first kappa shape index (κ1) is 20.6. The van der Waals surface area contributed by atoms with Crippen LogP contribution in [0.2, 0.25) is 5.02 Å². The highest BCUT2D eigenvalue weighted by molar-refractivity contribution is 6.31. The number of hydrogen-bond donors (Lipinski definition) is 1. The van der Waals surface area contributed by atoms with Gasteiger partial charge in [-0.2, -0.15) is 0 Å². The van der Waals surface area contributed by atoms with Gasteiger partial charge >= 0.3 is 0 Å². The van der Waals surface area contributed by atoms with Crippen molar-refractivity contribution in [3.8, 4) is 11.5 Å². The lowest BCUT2D eigenvalue weighted by Crippen LogP contribution is -2.38. The molecule has 1 saturated heterocycles. The molecule has 1 amide bonds. The van der Waals surface area contributed by atoms with E-state index in [-0.39, 0.29) is 5.91 Å². The zero-order valence-electron chi connectivity index (χ0n) is 17.4. The number of nitrogens with zero attached hydrogens (tertiary/aromatic N) is 1. The van der Waals surface area contributed by atoms with Gasteiger partial charge in [0.2, 0.25) is 5.91 Å². The molecular formula is C24H27ClN2O3. The van der Waals surface area contributed by atoms with Crippen LogP contribution in [-0.4, -0.2) is 43.1 Å². The van der Waals surface area contributed by atoms with Crippen molar-refractivity contribution >= 4 is 28.4 Å². The standard InChI is InChI=1S/C24H27ClN2O3/c1-29-22-7-3-16(13-23(22)30-2)4-8-24(28)27-11-9-17(10-12-27)21-15-18-14-19(25)5-6-20(18)26-21/h3,5-7,13-15,17,26H,4,8-12H2,1-2H3. The van der Waals surface area contributed by atoms with Gasteiger partial charge in [-0.05, 0) is 61.2 Å². The Hall–Kier alpha value is -2.66. The average molecular weight is 427 g/mol. The van der Waals surface area contributed by atoms with Crippen molar-refractivity contribution in [3.63, 3.8) is 0 Å². The molecule has 0 saturated carbocycles. The highest BCUT2D eigenvalue weighted by Crippen LogP contribution is 2.31. The number of halogens is 1. The molecule has 3 aromatic rings. The molecule has 2 heterocycles. The number of fused-ring (bicyclic) bond motifs is 1. The van der Waals surface area contributed by atoms with E-state index in [1.54, 1.807) is 14.2 Å². The second kappa shape index (κ2) is 9.00. The maximum atomic E-state index is 12.7. The molecule has 0 atom stereocenters. The second-order valence-electron chi connectivity index (χ2n) is 7.80. The number of H-pyrrole nitrogens is 1. The Labute approximate surface area is 181 Å². The van der Waals surface area contributed by atoms with E-state index in [0.29, 0.717) is 30.3 Å². The number of nitrogens with one attached hydrogen (secondary N) is 1. The summed E-state index contributed by atoms with van der Waals surface area (Å²) < 4.78 is 10.6. The number of methoxy groups -OCH3 is 2. The zero-order chi connectivity index (χ0) is 21.1. The minimum atomic E-state index is 0.215. The van der Waals surface area contributed by atoms with Crippen LogP contribution in [0, 0.1) is 0 Å². The molecule has 0 radical (unpaired) electrons. The van der Waals surface area contributed by atoms with Gasteiger partial charge in [0.25, 0.3) is 0 Å². The summed E-state index contributed by atoms with van der Waals surface area (Å²) in [4.78, 5) is 18.2. The lowest BCUT2D eigenvalue weighted by atomic mass is 9.93. The molecule has 158 valence electrons. The molecule has 1 fully saturated rings. The maximum absolute atomic E-state index is 12.7. The maximum Gasteiger partial charge on any atom is 0.222 e. The molecule has 30 heavy (non-hydrogen) atoms. The second-order valence-corrected chi connectivity index (χ2v) is 8.24. The van der Waals surface area contributed by atoms with Gasteiger partial charge in [0, 0.05) is 47.0 Å². The number of carbonyl (C=O) groups is 1. The van der Waals surface area contributed by atoms with Crippen molar-refractivity contribution in [2.75, 3.05) is 27.3 Å². The Balaban J connectivity index is 1.31. The number of amides is 1. The molecule has 0 bridgehead atoms. The Bertz CT molecular complexity index is 1040. The van der Waals surface area contributed by atoms with Crippen LogP contribution in [0.1, 0.15) is 36.4 Å². The van der Waals surface area contributed by atoms with Crippen LogP contribution in [0.15, 0.2) is 42.5 Å². The zero-order valence-corrected chi connectivity index (χ0v) is 18.2. The largest absolute Gasteiger partial charge is 0.493 e. The smallest absolute Gasteiger partial charge is 0.222 e. The highest BCUT2D eigenvalue weighted by atomic mass is 35.5. The number of aromatic nitrogens is 1. The Morgan fingerprint density at radius 1 is 1.07 bits per heavy atom. The van der Waals surface area contributed by atoms with E-state index >= 15 is 0 Å². The van der Waals surface area contributed by atoms with Gasteiger partial charge in [-0.1, -0.05) is 17.7 Å². The number of carbonyl (C=O) groups excluding carboxylic acids is 1. The number of piperidine rings is 1. The van der Waals surface area contributed by atoms with Crippen molar-refractivity contribution in [1.82, 2.24) is 9.88 Å². The van der Waals surface area contributed by atoms with Crippen LogP contribution in [0.25, 0.3) is 10.9 Å². The van der Waals surface area contributed by atoms with Crippen LogP contribution in [0.3, 0.4) is 0 Å². The minimum absolute atomic E-state index is 0.215. The van der Waals surface area contributed by atoms with E-state index in [1.807, 2.05) is 41.3 Å². The van der Waals surface area contributed by atoms with E-state index in [4.69, 9.17) is 21.1 Å². The topological polar surface area (TPSA) is 54.6 Å². The van der Waals surface area contributed by atoms with Crippen LogP contribution < -0.4 is 9.47 Å². The fourth-order valence-corrected chi connectivity index (χ4v) is 4.41. The molecular weight excluding hydrogens is 400 g/mol. The molecule has 0 spiro atoms. The molecule has 1 aliphatic heterocycles. The van der Waals surface area contributed by atoms with Crippen molar-refractivity contribution in [1.29, 1.82) is 0 Å². The first-order valence-corrected chi connectivity index (χ1v) is 10.7. The molecule has 1 N–H and O–H groups in total. The Kier molecular flexibility index (Phi) is 6.18. The van der Waals surface area contributed by atoms with Crippen molar-refractivity contribution in [3.05, 3.63) is 58.7 Å². The van der Waals surface area contributed by atoms with E-state index in [0.717, 1.165) is 47.4 Å². The Morgan fingerprint density at radius 2 is 1.83 bits per heavy atom. The SMILES string of the molecule is COc1ccc(CCC(=O)N2CCC(c3cc4cc(Cl)ccc4[nH]3)CC2)cc1OC. The first-order valence-electron chi connectivity index (χ1n) is 10.3. The number of hydrogen-bond acceptors (Lipinski definition) is 3. The normalized spacial score (nSPS) is 14.8. The van der Waals surface area contributed by atoms with E-state index in [9.17, 15) is 4.79 Å². The van der Waals surface area contributed by atoms with E-state index in [2.05, 4.69) is 11.1 Å². The number of rotatable bonds is 6. The van der Waals surface area contributed by atoms with Gasteiger partial charge in [-0.3, -0.25) is 4.79 Å². The predicted octanol–water partition coefficient (Wildman–Crippen LogP) is 5.18. The van der Waals surface area contributed by atoms with Crippen LogP contribution in [-0.2, 0) is 11.2 Å². The third-order valence-electron chi connectivity index (χ3n) is 5.97. The third kappa shape index (κ3) is 4.41. The summed E-state index contributed by atoms with van der Waals surface area (Å²) >= 11 is 6.10. The van der Waals surface area contributed by atoms with Crippen LogP contribution in [0.4, 0.5) is 0 Å². The highest BCUT2D eigenvalue weighted by Gasteiger charge is 2.24. The summed E-state index contributed by atoms with van der Waals surface area (Å²) in [6.45, 7) is 1.59. The molecule has 0 unspecified atom stereocenters. The summed E-state index contributed by atoms with van der Waals surface area (Å²) in [6, 6.07) is 13.9. The monoisotopic (exact) mass is 426 g/mol.